The van der Waals surface area contributed by atoms with E-state index < -0.39 is 0 Å². The molecule has 2 aliphatic heterocycles. The molecule has 0 aliphatic carbocycles. The third-order valence-electron chi connectivity index (χ3n) is 3.89. The van der Waals surface area contributed by atoms with Crippen molar-refractivity contribution < 1.29 is 9.53 Å². The second kappa shape index (κ2) is 6.73. The van der Waals surface area contributed by atoms with Gasteiger partial charge in [0.1, 0.15) is 5.75 Å². The van der Waals surface area contributed by atoms with E-state index in [1.165, 1.54) is 0 Å². The first-order chi connectivity index (χ1) is 9.66. The Morgan fingerprint density at radius 1 is 1.57 bits per heavy atom. The number of halogens is 2. The largest absolute Gasteiger partial charge is 0.492 e. The minimum absolute atomic E-state index is 0. The van der Waals surface area contributed by atoms with Gasteiger partial charge < -0.3 is 21.1 Å². The Morgan fingerprint density at radius 3 is 3.10 bits per heavy atom. The molecule has 1 aromatic carbocycles. The zero-order chi connectivity index (χ0) is 14.1. The summed E-state index contributed by atoms with van der Waals surface area (Å²) in [5.41, 5.74) is 7.77. The van der Waals surface area contributed by atoms with Crippen LogP contribution in [0.2, 0.25) is 5.02 Å². The smallest absolute Gasteiger partial charge is 0.255 e. The molecule has 7 heteroatoms. The summed E-state index contributed by atoms with van der Waals surface area (Å²) in [5, 5.41) is 6.70. The molecule has 2 aliphatic rings. The maximum Gasteiger partial charge on any atom is 0.255 e. The predicted molar refractivity (Wildman–Crippen MR) is 85.7 cm³/mol. The number of rotatable bonds is 3. The first-order valence-corrected chi connectivity index (χ1v) is 7.30. The summed E-state index contributed by atoms with van der Waals surface area (Å²) in [4.78, 5) is 12.3. The van der Waals surface area contributed by atoms with Crippen molar-refractivity contribution in [3.63, 3.8) is 0 Å². The molecule has 1 unspecified atom stereocenters. The first-order valence-electron chi connectivity index (χ1n) is 6.92. The lowest BCUT2D eigenvalue weighted by Crippen LogP contribution is -2.37. The minimum Gasteiger partial charge on any atom is -0.492 e. The number of benzene rings is 1. The molecule has 2 heterocycles. The van der Waals surface area contributed by atoms with Gasteiger partial charge in [-0.25, -0.2) is 0 Å². The number of carbonyl (C=O) groups excluding carboxylic acids is 1. The molecule has 1 amide bonds. The molecule has 0 radical (unpaired) electrons. The zero-order valence-corrected chi connectivity index (χ0v) is 13.1. The second-order valence-electron chi connectivity index (χ2n) is 5.23. The van der Waals surface area contributed by atoms with Crippen LogP contribution in [0.15, 0.2) is 6.07 Å². The van der Waals surface area contributed by atoms with Gasteiger partial charge in [-0.2, -0.15) is 0 Å². The van der Waals surface area contributed by atoms with Crippen molar-refractivity contribution in [1.29, 1.82) is 0 Å². The van der Waals surface area contributed by atoms with Crippen molar-refractivity contribution in [3.8, 4) is 5.75 Å². The maximum absolute atomic E-state index is 12.3. The first kappa shape index (κ1) is 16.2. The van der Waals surface area contributed by atoms with Crippen LogP contribution in [0, 0.1) is 0 Å². The minimum atomic E-state index is -0.154. The van der Waals surface area contributed by atoms with Crippen LogP contribution in [0.5, 0.6) is 5.75 Å². The molecular weight excluding hydrogens is 313 g/mol. The average molecular weight is 332 g/mol. The molecule has 1 fully saturated rings. The van der Waals surface area contributed by atoms with Crippen LogP contribution in [0.25, 0.3) is 0 Å². The summed E-state index contributed by atoms with van der Waals surface area (Å²) in [6, 6.07) is 1.95. The molecule has 4 N–H and O–H groups in total. The Bertz CT molecular complexity index is 546. The number of anilines is 1. The topological polar surface area (TPSA) is 76.4 Å². The lowest BCUT2D eigenvalue weighted by atomic mass is 10.0. The molecule has 1 saturated heterocycles. The number of nitrogen functional groups attached to an aromatic ring is 1. The number of hydrogen-bond acceptors (Lipinski definition) is 4. The van der Waals surface area contributed by atoms with Gasteiger partial charge >= 0.3 is 0 Å². The van der Waals surface area contributed by atoms with Crippen LogP contribution in [-0.2, 0) is 6.42 Å². The number of fused-ring (bicyclic) bond motifs is 1. The van der Waals surface area contributed by atoms with E-state index in [1.54, 1.807) is 6.07 Å². The monoisotopic (exact) mass is 331 g/mol. The summed E-state index contributed by atoms with van der Waals surface area (Å²) in [6.07, 6.45) is 2.95. The number of nitrogens with two attached hydrogens (primary N) is 1. The Labute approximate surface area is 135 Å². The van der Waals surface area contributed by atoms with Crippen LogP contribution in [0.4, 0.5) is 5.69 Å². The van der Waals surface area contributed by atoms with Crippen LogP contribution < -0.4 is 21.1 Å². The molecule has 0 aromatic heterocycles. The van der Waals surface area contributed by atoms with E-state index >= 15 is 0 Å². The highest BCUT2D eigenvalue weighted by Gasteiger charge is 2.25. The lowest BCUT2D eigenvalue weighted by Gasteiger charge is -2.14. The molecule has 0 spiro atoms. The van der Waals surface area contributed by atoms with Gasteiger partial charge in [0, 0.05) is 24.6 Å². The predicted octanol–water partition coefficient (Wildman–Crippen LogP) is 1.76. The summed E-state index contributed by atoms with van der Waals surface area (Å²) in [6.45, 7) is 2.19. The van der Waals surface area contributed by atoms with Crippen molar-refractivity contribution in [1.82, 2.24) is 10.6 Å². The molecule has 116 valence electrons. The fourth-order valence-electron chi connectivity index (χ4n) is 2.78. The van der Waals surface area contributed by atoms with E-state index in [4.69, 9.17) is 22.1 Å². The summed E-state index contributed by atoms with van der Waals surface area (Å²) in [7, 11) is 0. The van der Waals surface area contributed by atoms with E-state index in [1.807, 2.05) is 0 Å². The van der Waals surface area contributed by atoms with Gasteiger partial charge in [-0.3, -0.25) is 4.79 Å². The number of nitrogens with one attached hydrogen (secondary N) is 2. The summed E-state index contributed by atoms with van der Waals surface area (Å²) < 4.78 is 5.54. The third kappa shape index (κ3) is 3.20. The molecule has 3 rings (SSSR count). The van der Waals surface area contributed by atoms with Gasteiger partial charge in [0.25, 0.3) is 5.91 Å². The molecule has 21 heavy (non-hydrogen) atoms. The van der Waals surface area contributed by atoms with Crippen LogP contribution in [-0.4, -0.2) is 31.6 Å². The van der Waals surface area contributed by atoms with Gasteiger partial charge in [0.05, 0.1) is 22.9 Å². The molecule has 5 nitrogen and oxygen atoms in total. The van der Waals surface area contributed by atoms with E-state index in [9.17, 15) is 4.79 Å². The SMILES string of the molecule is Cl.Nc1c(Cl)cc(C(=O)NCC2CCCN2)c2c1CCO2. The summed E-state index contributed by atoms with van der Waals surface area (Å²) >= 11 is 6.10. The Kier molecular flexibility index (Phi) is 5.19. The fraction of sp³-hybridized carbons (Fsp3) is 0.500. The number of ether oxygens (including phenoxy) is 1. The van der Waals surface area contributed by atoms with E-state index in [2.05, 4.69) is 10.6 Å². The van der Waals surface area contributed by atoms with Gasteiger partial charge in [0.15, 0.2) is 0 Å². The van der Waals surface area contributed by atoms with Gasteiger partial charge in [-0.05, 0) is 25.5 Å². The molecule has 0 bridgehead atoms. The van der Waals surface area contributed by atoms with Gasteiger partial charge in [-0.15, -0.1) is 12.4 Å². The van der Waals surface area contributed by atoms with Crippen LogP contribution >= 0.6 is 24.0 Å². The molecular formula is C14H19Cl2N3O2. The van der Waals surface area contributed by atoms with E-state index in [0.29, 0.717) is 47.6 Å². The highest BCUT2D eigenvalue weighted by molar-refractivity contribution is 6.33. The van der Waals surface area contributed by atoms with Crippen molar-refractivity contribution in [2.45, 2.75) is 25.3 Å². The van der Waals surface area contributed by atoms with Gasteiger partial charge in [0.2, 0.25) is 0 Å². The highest BCUT2D eigenvalue weighted by atomic mass is 35.5. The van der Waals surface area contributed by atoms with Crippen molar-refractivity contribution >= 4 is 35.6 Å². The van der Waals surface area contributed by atoms with Crippen molar-refractivity contribution in [2.75, 3.05) is 25.4 Å². The third-order valence-corrected chi connectivity index (χ3v) is 4.20. The van der Waals surface area contributed by atoms with E-state index in [0.717, 1.165) is 24.9 Å². The van der Waals surface area contributed by atoms with Gasteiger partial charge in [-0.1, -0.05) is 11.6 Å². The standard InChI is InChI=1S/C14H18ClN3O2.ClH/c15-11-6-10(13-9(12(11)16)3-5-20-13)14(19)18-7-8-2-1-4-17-8;/h6,8,17H,1-5,7,16H2,(H,18,19);1H. The number of carbonyl (C=O) groups is 1. The van der Waals surface area contributed by atoms with Crippen LogP contribution in [0.1, 0.15) is 28.8 Å². The second-order valence-corrected chi connectivity index (χ2v) is 5.64. The molecule has 1 atom stereocenters. The quantitative estimate of drug-likeness (QED) is 0.737. The summed E-state index contributed by atoms with van der Waals surface area (Å²) in [5.74, 6) is 0.433. The van der Waals surface area contributed by atoms with E-state index in [-0.39, 0.29) is 18.3 Å². The molecule has 0 saturated carbocycles. The average Bonchev–Trinajstić information content (AvgIpc) is 3.10. The molecule has 1 aromatic rings. The Balaban J connectivity index is 0.00000161. The zero-order valence-electron chi connectivity index (χ0n) is 11.6. The maximum atomic E-state index is 12.3. The lowest BCUT2D eigenvalue weighted by molar-refractivity contribution is 0.0947. The van der Waals surface area contributed by atoms with Crippen LogP contribution in [0.3, 0.4) is 0 Å². The highest BCUT2D eigenvalue weighted by Crippen LogP contribution is 2.38. The van der Waals surface area contributed by atoms with Crippen molar-refractivity contribution in [3.05, 3.63) is 22.2 Å². The van der Waals surface area contributed by atoms with Crippen molar-refractivity contribution in [2.24, 2.45) is 0 Å². The Hall–Kier alpha value is -1.17. The fourth-order valence-corrected chi connectivity index (χ4v) is 3.00. The number of hydrogen-bond donors (Lipinski definition) is 3. The normalized spacial score (nSPS) is 19.6. The number of amides is 1. The Morgan fingerprint density at radius 2 is 2.38 bits per heavy atom.